The molecule has 3 rings (SSSR count). The summed E-state index contributed by atoms with van der Waals surface area (Å²) in [7, 11) is 0. The summed E-state index contributed by atoms with van der Waals surface area (Å²) in [5.41, 5.74) is 0.977. The van der Waals surface area contributed by atoms with Gasteiger partial charge in [-0.15, -0.1) is 0 Å². The van der Waals surface area contributed by atoms with Gasteiger partial charge in [-0.05, 0) is 50.5 Å². The zero-order chi connectivity index (χ0) is 11.9. The fraction of sp³-hybridized carbons (Fsp3) is 0.417. The van der Waals surface area contributed by atoms with E-state index in [0.29, 0.717) is 4.77 Å². The Hall–Kier alpha value is -1.49. The third-order valence-electron chi connectivity index (χ3n) is 3.54. The van der Waals surface area contributed by atoms with Gasteiger partial charge in [0.2, 0.25) is 0 Å². The second-order valence-electron chi connectivity index (χ2n) is 4.75. The first kappa shape index (κ1) is 10.7. The largest absolute Gasteiger partial charge is 0.293 e. The van der Waals surface area contributed by atoms with Gasteiger partial charge in [0.15, 0.2) is 10.6 Å². The van der Waals surface area contributed by atoms with E-state index in [9.17, 15) is 0 Å². The van der Waals surface area contributed by atoms with E-state index in [2.05, 4.69) is 26.7 Å². The van der Waals surface area contributed by atoms with Crippen LogP contribution < -0.4 is 0 Å². The highest BCUT2D eigenvalue weighted by molar-refractivity contribution is 7.71. The number of hydrogen-bond acceptors (Lipinski definition) is 3. The molecular formula is C12H14N4S. The average molecular weight is 246 g/mol. The van der Waals surface area contributed by atoms with Gasteiger partial charge in [0.25, 0.3) is 0 Å². The number of aromatic nitrogens is 4. The first-order chi connectivity index (χ1) is 8.21. The summed E-state index contributed by atoms with van der Waals surface area (Å²) < 4.78 is 2.81. The molecular weight excluding hydrogens is 232 g/mol. The lowest BCUT2D eigenvalue weighted by Gasteiger charge is -2.40. The molecule has 0 saturated heterocycles. The normalized spacial score (nSPS) is 17.7. The standard InChI is InChI=1S/C12H14N4S/c1-12(6-4-7-12)16-10(14-15-11(16)17)9-5-2-3-8-13-9/h2-3,5,8H,4,6-7H2,1H3,(H,15,17). The van der Waals surface area contributed by atoms with Gasteiger partial charge in [0, 0.05) is 11.7 Å². The van der Waals surface area contributed by atoms with Crippen molar-refractivity contribution in [3.05, 3.63) is 29.2 Å². The number of nitrogens with zero attached hydrogens (tertiary/aromatic N) is 3. The molecule has 0 amide bonds. The van der Waals surface area contributed by atoms with E-state index in [1.807, 2.05) is 18.2 Å². The minimum atomic E-state index is 0.108. The van der Waals surface area contributed by atoms with Crippen LogP contribution in [0.25, 0.3) is 11.5 Å². The molecule has 0 unspecified atom stereocenters. The quantitative estimate of drug-likeness (QED) is 0.829. The lowest BCUT2D eigenvalue weighted by Crippen LogP contribution is -2.38. The Morgan fingerprint density at radius 2 is 2.24 bits per heavy atom. The van der Waals surface area contributed by atoms with Gasteiger partial charge < -0.3 is 0 Å². The fourth-order valence-electron chi connectivity index (χ4n) is 2.38. The van der Waals surface area contributed by atoms with Crippen molar-refractivity contribution in [2.75, 3.05) is 0 Å². The van der Waals surface area contributed by atoms with Crippen molar-refractivity contribution in [2.24, 2.45) is 0 Å². The van der Waals surface area contributed by atoms with Gasteiger partial charge in [0.1, 0.15) is 5.69 Å². The van der Waals surface area contributed by atoms with Crippen molar-refractivity contribution in [1.82, 2.24) is 19.7 Å². The fourth-order valence-corrected chi connectivity index (χ4v) is 2.73. The first-order valence-electron chi connectivity index (χ1n) is 5.80. The Morgan fingerprint density at radius 3 is 2.82 bits per heavy atom. The van der Waals surface area contributed by atoms with Gasteiger partial charge in [-0.25, -0.2) is 0 Å². The van der Waals surface area contributed by atoms with Gasteiger partial charge in [0.05, 0.1) is 0 Å². The molecule has 1 fully saturated rings. The number of aromatic amines is 1. The molecule has 0 radical (unpaired) electrons. The molecule has 1 aliphatic rings. The van der Waals surface area contributed by atoms with Crippen molar-refractivity contribution in [1.29, 1.82) is 0 Å². The highest BCUT2D eigenvalue weighted by Gasteiger charge is 2.36. The number of hydrogen-bond donors (Lipinski definition) is 1. The smallest absolute Gasteiger partial charge is 0.196 e. The van der Waals surface area contributed by atoms with E-state index >= 15 is 0 Å². The van der Waals surface area contributed by atoms with Crippen LogP contribution in [0, 0.1) is 4.77 Å². The van der Waals surface area contributed by atoms with E-state index in [0.717, 1.165) is 24.4 Å². The van der Waals surface area contributed by atoms with E-state index in [1.165, 1.54) is 6.42 Å². The van der Waals surface area contributed by atoms with Crippen LogP contribution in [-0.2, 0) is 5.54 Å². The van der Waals surface area contributed by atoms with E-state index in [-0.39, 0.29) is 5.54 Å². The van der Waals surface area contributed by atoms with E-state index in [1.54, 1.807) is 6.20 Å². The summed E-state index contributed by atoms with van der Waals surface area (Å²) in [4.78, 5) is 4.35. The molecule has 0 spiro atoms. The van der Waals surface area contributed by atoms with Crippen LogP contribution in [0.15, 0.2) is 24.4 Å². The monoisotopic (exact) mass is 246 g/mol. The predicted molar refractivity (Wildman–Crippen MR) is 68.1 cm³/mol. The molecule has 0 aliphatic heterocycles. The Kier molecular flexibility index (Phi) is 2.36. The summed E-state index contributed by atoms with van der Waals surface area (Å²) in [6, 6.07) is 5.83. The summed E-state index contributed by atoms with van der Waals surface area (Å²) in [6.45, 7) is 2.23. The topological polar surface area (TPSA) is 46.5 Å². The van der Waals surface area contributed by atoms with Gasteiger partial charge >= 0.3 is 0 Å². The molecule has 0 aromatic carbocycles. The lowest BCUT2D eigenvalue weighted by molar-refractivity contribution is 0.168. The summed E-state index contributed by atoms with van der Waals surface area (Å²) in [6.07, 6.45) is 5.34. The van der Waals surface area contributed by atoms with Crippen LogP contribution in [0.3, 0.4) is 0 Å². The number of pyridine rings is 1. The summed E-state index contributed by atoms with van der Waals surface area (Å²) in [5, 5.41) is 7.20. The molecule has 0 atom stereocenters. The van der Waals surface area contributed by atoms with Crippen molar-refractivity contribution >= 4 is 12.2 Å². The predicted octanol–water partition coefficient (Wildman–Crippen LogP) is 2.90. The highest BCUT2D eigenvalue weighted by Crippen LogP contribution is 2.40. The third kappa shape index (κ3) is 1.61. The SMILES string of the molecule is CC1(n2c(-c3ccccn3)n[nH]c2=S)CCC1. The minimum absolute atomic E-state index is 0.108. The number of rotatable bonds is 2. The second-order valence-corrected chi connectivity index (χ2v) is 5.14. The van der Waals surface area contributed by atoms with Crippen molar-refractivity contribution in [3.63, 3.8) is 0 Å². The zero-order valence-electron chi connectivity index (χ0n) is 9.68. The second kappa shape index (κ2) is 3.77. The molecule has 2 aromatic rings. The van der Waals surface area contributed by atoms with Crippen LogP contribution in [0.2, 0.25) is 0 Å². The molecule has 2 heterocycles. The molecule has 5 heteroatoms. The maximum absolute atomic E-state index is 5.34. The lowest BCUT2D eigenvalue weighted by atomic mass is 9.78. The number of H-pyrrole nitrogens is 1. The van der Waals surface area contributed by atoms with Crippen LogP contribution in [0.1, 0.15) is 26.2 Å². The summed E-state index contributed by atoms with van der Waals surface area (Å²) >= 11 is 5.34. The van der Waals surface area contributed by atoms with E-state index < -0.39 is 0 Å². The summed E-state index contributed by atoms with van der Waals surface area (Å²) in [5.74, 6) is 0.845. The molecule has 88 valence electrons. The van der Waals surface area contributed by atoms with Crippen molar-refractivity contribution < 1.29 is 0 Å². The molecule has 4 nitrogen and oxygen atoms in total. The minimum Gasteiger partial charge on any atom is -0.293 e. The van der Waals surface area contributed by atoms with Crippen LogP contribution in [0.5, 0.6) is 0 Å². The molecule has 0 bridgehead atoms. The third-order valence-corrected chi connectivity index (χ3v) is 3.81. The first-order valence-corrected chi connectivity index (χ1v) is 6.21. The molecule has 1 aliphatic carbocycles. The highest BCUT2D eigenvalue weighted by atomic mass is 32.1. The van der Waals surface area contributed by atoms with Crippen molar-refractivity contribution in [3.8, 4) is 11.5 Å². The molecule has 2 aromatic heterocycles. The molecule has 1 N–H and O–H groups in total. The Bertz CT molecular complexity index is 580. The zero-order valence-corrected chi connectivity index (χ0v) is 10.5. The van der Waals surface area contributed by atoms with Crippen LogP contribution in [-0.4, -0.2) is 19.7 Å². The molecule has 17 heavy (non-hydrogen) atoms. The molecule has 1 saturated carbocycles. The maximum Gasteiger partial charge on any atom is 0.196 e. The van der Waals surface area contributed by atoms with Crippen molar-refractivity contribution in [2.45, 2.75) is 31.7 Å². The Labute approximate surface area is 105 Å². The van der Waals surface area contributed by atoms with Gasteiger partial charge in [-0.3, -0.25) is 14.6 Å². The van der Waals surface area contributed by atoms with E-state index in [4.69, 9.17) is 12.2 Å². The van der Waals surface area contributed by atoms with Crippen LogP contribution >= 0.6 is 12.2 Å². The van der Waals surface area contributed by atoms with Gasteiger partial charge in [-0.1, -0.05) is 6.07 Å². The van der Waals surface area contributed by atoms with Crippen LogP contribution in [0.4, 0.5) is 0 Å². The maximum atomic E-state index is 5.34. The van der Waals surface area contributed by atoms with Gasteiger partial charge in [-0.2, -0.15) is 5.10 Å². The Morgan fingerprint density at radius 1 is 1.41 bits per heavy atom. The Balaban J connectivity index is 2.16. The number of nitrogens with one attached hydrogen (secondary N) is 1. The average Bonchev–Trinajstić information content (AvgIpc) is 2.70.